The van der Waals surface area contributed by atoms with Gasteiger partial charge in [0.25, 0.3) is 0 Å². The van der Waals surface area contributed by atoms with E-state index in [0.29, 0.717) is 12.3 Å². The number of carbonyl (C=O) groups is 1. The van der Waals surface area contributed by atoms with Crippen LogP contribution in [0.2, 0.25) is 0 Å². The highest BCUT2D eigenvalue weighted by atomic mass is 19.4. The molecular weight excluding hydrogens is 281 g/mol. The molecule has 1 amide bonds. The summed E-state index contributed by atoms with van der Waals surface area (Å²) in [6.07, 6.45) is -3.88. The molecule has 20 heavy (non-hydrogen) atoms. The van der Waals surface area contributed by atoms with Crippen molar-refractivity contribution in [3.63, 3.8) is 0 Å². The van der Waals surface area contributed by atoms with Gasteiger partial charge in [0, 0.05) is 13.0 Å². The molecule has 0 atom stereocenters. The maximum Gasteiger partial charge on any atom is 0.433 e. The smallest absolute Gasteiger partial charge is 0.379 e. The number of primary amides is 1. The van der Waals surface area contributed by atoms with Crippen molar-refractivity contribution in [3.05, 3.63) is 28.1 Å². The van der Waals surface area contributed by atoms with Gasteiger partial charge in [-0.25, -0.2) is 4.98 Å². The molecule has 10 heteroatoms. The van der Waals surface area contributed by atoms with Crippen molar-refractivity contribution in [1.82, 2.24) is 4.98 Å². The fourth-order valence-electron chi connectivity index (χ4n) is 1.38. The second kappa shape index (κ2) is 6.17. The highest BCUT2D eigenvalue weighted by molar-refractivity contribution is 5.73. The molecule has 1 heterocycles. The van der Waals surface area contributed by atoms with Gasteiger partial charge in [-0.05, 0) is 12.5 Å². The molecule has 0 fully saturated rings. The number of aromatic nitrogens is 1. The summed E-state index contributed by atoms with van der Waals surface area (Å²) in [6.45, 7) is 0.0745. The number of pyridine rings is 1. The van der Waals surface area contributed by atoms with Gasteiger partial charge in [0.15, 0.2) is 0 Å². The number of halogens is 3. The number of carbonyl (C=O) groups excluding carboxylic acids is 1. The first-order chi connectivity index (χ1) is 9.21. The van der Waals surface area contributed by atoms with Crippen LogP contribution in [0.1, 0.15) is 18.5 Å². The van der Waals surface area contributed by atoms with Gasteiger partial charge in [0.2, 0.25) is 5.91 Å². The summed E-state index contributed by atoms with van der Waals surface area (Å²) in [7, 11) is 0. The zero-order valence-corrected chi connectivity index (χ0v) is 10.1. The summed E-state index contributed by atoms with van der Waals surface area (Å²) in [6, 6.07) is 0.558. The lowest BCUT2D eigenvalue weighted by Crippen LogP contribution is -2.14. The van der Waals surface area contributed by atoms with Crippen LogP contribution in [0.25, 0.3) is 0 Å². The Morgan fingerprint density at radius 1 is 1.50 bits per heavy atom. The van der Waals surface area contributed by atoms with E-state index >= 15 is 0 Å². The predicted molar refractivity (Wildman–Crippen MR) is 62.8 cm³/mol. The van der Waals surface area contributed by atoms with E-state index in [9.17, 15) is 28.1 Å². The summed E-state index contributed by atoms with van der Waals surface area (Å²) in [5.74, 6) is -0.563. The van der Waals surface area contributed by atoms with Crippen LogP contribution in [0, 0.1) is 10.1 Å². The fourth-order valence-corrected chi connectivity index (χ4v) is 1.38. The van der Waals surface area contributed by atoms with E-state index in [1.165, 1.54) is 0 Å². The van der Waals surface area contributed by atoms with Gasteiger partial charge in [-0.2, -0.15) is 13.2 Å². The van der Waals surface area contributed by atoms with Crippen molar-refractivity contribution in [2.24, 2.45) is 5.73 Å². The standard InChI is InChI=1S/C10H11F3N4O3/c11-10(12,13)8-4-6(7(5-16-8)17(19)20)15-3-1-2-9(14)18/h4-5H,1-3H2,(H2,14,18)(H,15,16). The van der Waals surface area contributed by atoms with Crippen molar-refractivity contribution in [1.29, 1.82) is 0 Å². The average molecular weight is 292 g/mol. The Morgan fingerprint density at radius 3 is 2.65 bits per heavy atom. The van der Waals surface area contributed by atoms with Crippen LogP contribution < -0.4 is 11.1 Å². The fraction of sp³-hybridized carbons (Fsp3) is 0.400. The SMILES string of the molecule is NC(=O)CCCNc1cc(C(F)(F)F)ncc1[N+](=O)[O-]. The Morgan fingerprint density at radius 2 is 2.15 bits per heavy atom. The molecule has 110 valence electrons. The average Bonchev–Trinajstić information content (AvgIpc) is 2.32. The maximum absolute atomic E-state index is 12.5. The van der Waals surface area contributed by atoms with Gasteiger partial charge in [0.1, 0.15) is 17.6 Å². The number of rotatable bonds is 6. The van der Waals surface area contributed by atoms with Gasteiger partial charge in [-0.15, -0.1) is 0 Å². The van der Waals surface area contributed by atoms with E-state index in [-0.39, 0.29) is 25.1 Å². The Bertz CT molecular complexity index is 519. The van der Waals surface area contributed by atoms with Gasteiger partial charge >= 0.3 is 11.9 Å². The van der Waals surface area contributed by atoms with Crippen LogP contribution in [-0.2, 0) is 11.0 Å². The molecule has 1 aromatic heterocycles. The minimum Gasteiger partial charge on any atom is -0.379 e. The van der Waals surface area contributed by atoms with Crippen LogP contribution in [0.15, 0.2) is 12.3 Å². The molecule has 7 nitrogen and oxygen atoms in total. The zero-order valence-electron chi connectivity index (χ0n) is 10.1. The number of nitro groups is 1. The Labute approximate surface area is 111 Å². The summed E-state index contributed by atoms with van der Waals surface area (Å²) in [5.41, 5.74) is 2.79. The Balaban J connectivity index is 2.89. The molecule has 0 aliphatic carbocycles. The van der Waals surface area contributed by atoms with E-state index in [1.807, 2.05) is 0 Å². The Hall–Kier alpha value is -2.39. The van der Waals surface area contributed by atoms with Gasteiger partial charge in [-0.1, -0.05) is 0 Å². The predicted octanol–water partition coefficient (Wildman–Crippen LogP) is 1.69. The Kier molecular flexibility index (Phi) is 4.83. The largest absolute Gasteiger partial charge is 0.433 e. The van der Waals surface area contributed by atoms with Crippen molar-refractivity contribution in [3.8, 4) is 0 Å². The monoisotopic (exact) mass is 292 g/mol. The molecule has 0 aliphatic rings. The molecule has 0 spiro atoms. The van der Waals surface area contributed by atoms with Crippen molar-refractivity contribution < 1.29 is 22.9 Å². The number of anilines is 1. The van der Waals surface area contributed by atoms with Gasteiger partial charge in [0.05, 0.1) is 4.92 Å². The van der Waals surface area contributed by atoms with Gasteiger partial charge in [-0.3, -0.25) is 14.9 Å². The molecule has 3 N–H and O–H groups in total. The summed E-state index contributed by atoms with van der Waals surface area (Å²) < 4.78 is 37.4. The molecule has 0 saturated heterocycles. The minimum atomic E-state index is -4.70. The third-order valence-corrected chi connectivity index (χ3v) is 2.29. The molecule has 1 aromatic rings. The lowest BCUT2D eigenvalue weighted by molar-refractivity contribution is -0.384. The molecule has 0 aromatic carbocycles. The number of nitrogens with two attached hydrogens (primary N) is 1. The molecule has 0 aliphatic heterocycles. The second-order valence-corrected chi connectivity index (χ2v) is 3.84. The quantitative estimate of drug-likeness (QED) is 0.471. The first-order valence-corrected chi connectivity index (χ1v) is 5.45. The molecule has 1 rings (SSSR count). The lowest BCUT2D eigenvalue weighted by atomic mass is 10.2. The topological polar surface area (TPSA) is 111 Å². The van der Waals surface area contributed by atoms with E-state index in [4.69, 9.17) is 5.73 Å². The van der Waals surface area contributed by atoms with Crippen LogP contribution in [0.3, 0.4) is 0 Å². The first-order valence-electron chi connectivity index (χ1n) is 5.45. The molecule has 0 unspecified atom stereocenters. The van der Waals surface area contributed by atoms with Crippen molar-refractivity contribution in [2.75, 3.05) is 11.9 Å². The first kappa shape index (κ1) is 15.7. The number of nitrogens with one attached hydrogen (secondary N) is 1. The summed E-state index contributed by atoms with van der Waals surface area (Å²) >= 11 is 0. The van der Waals surface area contributed by atoms with Crippen molar-refractivity contribution >= 4 is 17.3 Å². The van der Waals surface area contributed by atoms with Gasteiger partial charge < -0.3 is 11.1 Å². The number of amides is 1. The highest BCUT2D eigenvalue weighted by Gasteiger charge is 2.34. The molecular formula is C10H11F3N4O3. The van der Waals surface area contributed by atoms with E-state index in [0.717, 1.165) is 0 Å². The third kappa shape index (κ3) is 4.37. The van der Waals surface area contributed by atoms with Crippen LogP contribution in [-0.4, -0.2) is 22.4 Å². The lowest BCUT2D eigenvalue weighted by Gasteiger charge is -2.10. The third-order valence-electron chi connectivity index (χ3n) is 2.29. The van der Waals surface area contributed by atoms with Crippen LogP contribution in [0.5, 0.6) is 0 Å². The van der Waals surface area contributed by atoms with Crippen LogP contribution in [0.4, 0.5) is 24.5 Å². The van der Waals surface area contributed by atoms with E-state index in [2.05, 4.69) is 10.3 Å². The highest BCUT2D eigenvalue weighted by Crippen LogP contribution is 2.32. The number of alkyl halides is 3. The number of hydrogen-bond donors (Lipinski definition) is 2. The summed E-state index contributed by atoms with van der Waals surface area (Å²) in [4.78, 5) is 23.4. The van der Waals surface area contributed by atoms with E-state index < -0.39 is 28.4 Å². The summed E-state index contributed by atoms with van der Waals surface area (Å²) in [5, 5.41) is 13.2. The van der Waals surface area contributed by atoms with Crippen molar-refractivity contribution in [2.45, 2.75) is 19.0 Å². The number of hydrogen-bond acceptors (Lipinski definition) is 5. The van der Waals surface area contributed by atoms with E-state index in [1.54, 1.807) is 0 Å². The van der Waals surface area contributed by atoms with Crippen LogP contribution >= 0.6 is 0 Å². The molecule has 0 saturated carbocycles. The molecule has 0 radical (unpaired) electrons. The normalized spacial score (nSPS) is 11.2. The zero-order chi connectivity index (χ0) is 15.3. The minimum absolute atomic E-state index is 0.0258. The molecule has 0 bridgehead atoms. The number of nitrogens with zero attached hydrogens (tertiary/aromatic N) is 2. The maximum atomic E-state index is 12.5. The second-order valence-electron chi connectivity index (χ2n) is 3.84.